The lowest BCUT2D eigenvalue weighted by Crippen LogP contribution is -2.47. The van der Waals surface area contributed by atoms with Gasteiger partial charge in [-0.05, 0) is 61.2 Å². The molecule has 1 aromatic rings. The minimum Gasteiger partial charge on any atom is -0.458 e. The van der Waals surface area contributed by atoms with Crippen LogP contribution in [-0.4, -0.2) is 23.5 Å². The topological polar surface area (TPSA) is 55.4 Å². The van der Waals surface area contributed by atoms with Gasteiger partial charge in [-0.15, -0.1) is 11.3 Å². The third kappa shape index (κ3) is 5.43. The summed E-state index contributed by atoms with van der Waals surface area (Å²) in [6.07, 6.45) is 0. The molecule has 4 nitrogen and oxygen atoms in total. The highest BCUT2D eigenvalue weighted by Gasteiger charge is 2.29. The molecule has 1 amide bonds. The Kier molecular flexibility index (Phi) is 5.99. The van der Waals surface area contributed by atoms with Crippen LogP contribution in [0.15, 0.2) is 9.85 Å². The van der Waals surface area contributed by atoms with Crippen molar-refractivity contribution < 1.29 is 14.3 Å². The van der Waals surface area contributed by atoms with Crippen LogP contribution in [0.25, 0.3) is 0 Å². The molecule has 21 heavy (non-hydrogen) atoms. The van der Waals surface area contributed by atoms with Gasteiger partial charge in [0, 0.05) is 0 Å². The van der Waals surface area contributed by atoms with Crippen molar-refractivity contribution in [2.75, 3.05) is 0 Å². The maximum atomic E-state index is 12.3. The molecular weight excluding hydrogens is 354 g/mol. The van der Waals surface area contributed by atoms with Crippen LogP contribution >= 0.6 is 27.3 Å². The largest absolute Gasteiger partial charge is 0.458 e. The molecule has 0 unspecified atom stereocenters. The molecule has 0 bridgehead atoms. The van der Waals surface area contributed by atoms with Gasteiger partial charge in [-0.1, -0.05) is 13.8 Å². The first-order chi connectivity index (χ1) is 9.51. The Morgan fingerprint density at radius 2 is 1.90 bits per heavy atom. The summed E-state index contributed by atoms with van der Waals surface area (Å²) in [5, 5.41) is 2.77. The molecule has 1 aromatic heterocycles. The van der Waals surface area contributed by atoms with Gasteiger partial charge in [0.25, 0.3) is 5.91 Å². The molecule has 1 atom stereocenters. The molecule has 0 radical (unpaired) electrons. The molecule has 1 heterocycles. The molecule has 0 saturated heterocycles. The van der Waals surface area contributed by atoms with E-state index in [2.05, 4.69) is 21.2 Å². The summed E-state index contributed by atoms with van der Waals surface area (Å²) >= 11 is 4.75. The van der Waals surface area contributed by atoms with Crippen LogP contribution in [0.4, 0.5) is 0 Å². The highest BCUT2D eigenvalue weighted by atomic mass is 79.9. The predicted molar refractivity (Wildman–Crippen MR) is 88.7 cm³/mol. The highest BCUT2D eigenvalue weighted by Crippen LogP contribution is 2.27. The lowest BCUT2D eigenvalue weighted by atomic mass is 10.0. The van der Waals surface area contributed by atoms with Crippen molar-refractivity contribution >= 4 is 39.1 Å². The van der Waals surface area contributed by atoms with Gasteiger partial charge in [-0.3, -0.25) is 4.79 Å². The summed E-state index contributed by atoms with van der Waals surface area (Å²) in [7, 11) is 0. The van der Waals surface area contributed by atoms with Crippen molar-refractivity contribution in [3.05, 3.63) is 20.3 Å². The van der Waals surface area contributed by atoms with E-state index in [-0.39, 0.29) is 11.8 Å². The van der Waals surface area contributed by atoms with E-state index in [0.717, 1.165) is 9.35 Å². The van der Waals surface area contributed by atoms with Crippen LogP contribution in [0.5, 0.6) is 0 Å². The minimum atomic E-state index is -0.655. The monoisotopic (exact) mass is 375 g/mol. The van der Waals surface area contributed by atoms with Crippen molar-refractivity contribution in [2.24, 2.45) is 5.92 Å². The minimum absolute atomic E-state index is 0.0479. The second-order valence-electron chi connectivity index (χ2n) is 6.30. The lowest BCUT2D eigenvalue weighted by Gasteiger charge is -2.26. The Morgan fingerprint density at radius 3 is 2.29 bits per heavy atom. The molecule has 118 valence electrons. The van der Waals surface area contributed by atoms with Crippen LogP contribution in [0.3, 0.4) is 0 Å². The molecule has 0 saturated carbocycles. The Balaban J connectivity index is 2.83. The van der Waals surface area contributed by atoms with E-state index in [1.807, 2.05) is 41.5 Å². The fraction of sp³-hybridized carbons (Fsp3) is 0.600. The number of nitrogens with one attached hydrogen (secondary N) is 1. The number of carbonyl (C=O) groups excluding carboxylic acids is 2. The van der Waals surface area contributed by atoms with Crippen LogP contribution in [0, 0.1) is 12.8 Å². The van der Waals surface area contributed by atoms with Crippen molar-refractivity contribution in [3.63, 3.8) is 0 Å². The maximum absolute atomic E-state index is 12.3. The van der Waals surface area contributed by atoms with E-state index in [1.165, 1.54) is 11.3 Å². The summed E-state index contributed by atoms with van der Waals surface area (Å²) in [4.78, 5) is 25.0. The van der Waals surface area contributed by atoms with E-state index in [4.69, 9.17) is 4.74 Å². The summed E-state index contributed by atoms with van der Waals surface area (Å²) in [6.45, 7) is 11.1. The Morgan fingerprint density at radius 1 is 1.33 bits per heavy atom. The molecule has 0 aliphatic rings. The summed E-state index contributed by atoms with van der Waals surface area (Å²) in [5.74, 6) is -0.704. The van der Waals surface area contributed by atoms with E-state index in [9.17, 15) is 9.59 Å². The second-order valence-corrected chi connectivity index (χ2v) is 8.67. The van der Waals surface area contributed by atoms with Crippen LogP contribution < -0.4 is 5.32 Å². The third-order valence-corrected chi connectivity index (χ3v) is 4.83. The fourth-order valence-electron chi connectivity index (χ4n) is 1.65. The first-order valence-corrected chi connectivity index (χ1v) is 8.42. The number of thiophene rings is 1. The number of rotatable bonds is 4. The maximum Gasteiger partial charge on any atom is 0.329 e. The number of esters is 1. The molecule has 1 N–H and O–H groups in total. The normalized spacial score (nSPS) is 13.1. The second kappa shape index (κ2) is 6.92. The molecule has 0 aliphatic heterocycles. The fourth-order valence-corrected chi connectivity index (χ4v) is 3.09. The van der Waals surface area contributed by atoms with Crippen LogP contribution in [0.2, 0.25) is 0 Å². The SMILES string of the molecule is Cc1cc(C(=O)N[C@@H](C(=O)OC(C)(C)C)C(C)C)sc1Br. The first-order valence-electron chi connectivity index (χ1n) is 6.81. The molecule has 0 spiro atoms. The van der Waals surface area contributed by atoms with Crippen LogP contribution in [-0.2, 0) is 9.53 Å². The van der Waals surface area contributed by atoms with Crippen molar-refractivity contribution in [2.45, 2.75) is 53.2 Å². The Labute approximate surface area is 138 Å². The standard InChI is InChI=1S/C15H22BrNO3S/c1-8(2)11(14(19)20-15(4,5)6)17-13(18)10-7-9(3)12(16)21-10/h7-8,11H,1-6H3,(H,17,18)/t11-/m1/s1. The average molecular weight is 376 g/mol. The van der Waals surface area contributed by atoms with Gasteiger partial charge in [-0.25, -0.2) is 4.79 Å². The Bertz CT molecular complexity index is 512. The molecule has 6 heteroatoms. The summed E-state index contributed by atoms with van der Waals surface area (Å²) < 4.78 is 6.29. The number of aryl methyl sites for hydroxylation is 1. The number of halogens is 1. The van der Waals surface area contributed by atoms with Gasteiger partial charge < -0.3 is 10.1 Å². The summed E-state index contributed by atoms with van der Waals surface area (Å²) in [6, 6.07) is 1.15. The van der Waals surface area contributed by atoms with Gasteiger partial charge in [-0.2, -0.15) is 0 Å². The van der Waals surface area contributed by atoms with Gasteiger partial charge in [0.15, 0.2) is 0 Å². The zero-order valence-corrected chi connectivity index (χ0v) is 15.6. The zero-order valence-electron chi connectivity index (χ0n) is 13.2. The van der Waals surface area contributed by atoms with Gasteiger partial charge in [0.1, 0.15) is 11.6 Å². The molecule has 1 rings (SSSR count). The highest BCUT2D eigenvalue weighted by molar-refractivity contribution is 9.11. The summed E-state index contributed by atoms with van der Waals surface area (Å²) in [5.41, 5.74) is 0.431. The number of hydrogen-bond donors (Lipinski definition) is 1. The Hall–Kier alpha value is -0.880. The lowest BCUT2D eigenvalue weighted by molar-refractivity contribution is -0.158. The number of carbonyl (C=O) groups is 2. The number of amides is 1. The molecular formula is C15H22BrNO3S. The number of ether oxygens (including phenoxy) is 1. The zero-order chi connectivity index (χ0) is 16.4. The van der Waals surface area contributed by atoms with Crippen molar-refractivity contribution in [1.82, 2.24) is 5.32 Å². The average Bonchev–Trinajstić information content (AvgIpc) is 2.63. The quantitative estimate of drug-likeness (QED) is 0.811. The van der Waals surface area contributed by atoms with Crippen LogP contribution in [0.1, 0.15) is 49.9 Å². The predicted octanol–water partition coefficient (Wildman–Crippen LogP) is 3.92. The molecule has 0 aromatic carbocycles. The molecule has 0 fully saturated rings. The molecule has 0 aliphatic carbocycles. The third-order valence-electron chi connectivity index (χ3n) is 2.69. The van der Waals surface area contributed by atoms with Crippen molar-refractivity contribution in [3.8, 4) is 0 Å². The van der Waals surface area contributed by atoms with Gasteiger partial charge in [0.05, 0.1) is 8.66 Å². The number of hydrogen-bond acceptors (Lipinski definition) is 4. The smallest absolute Gasteiger partial charge is 0.329 e. The van der Waals surface area contributed by atoms with Gasteiger partial charge in [0.2, 0.25) is 0 Å². The van der Waals surface area contributed by atoms with E-state index in [1.54, 1.807) is 6.07 Å². The van der Waals surface area contributed by atoms with E-state index >= 15 is 0 Å². The van der Waals surface area contributed by atoms with E-state index < -0.39 is 17.6 Å². The van der Waals surface area contributed by atoms with Crippen molar-refractivity contribution in [1.29, 1.82) is 0 Å². The van der Waals surface area contributed by atoms with Gasteiger partial charge >= 0.3 is 5.97 Å². The van der Waals surface area contributed by atoms with E-state index in [0.29, 0.717) is 4.88 Å². The first kappa shape index (κ1) is 18.2.